The van der Waals surface area contributed by atoms with Gasteiger partial charge in [0.1, 0.15) is 6.61 Å². The molecule has 4 heteroatoms. The minimum atomic E-state index is -0.189. The molecule has 1 aromatic carbocycles. The Balaban J connectivity index is 2.62. The number of benzene rings is 1. The van der Waals surface area contributed by atoms with Crippen molar-refractivity contribution in [3.63, 3.8) is 0 Å². The molecule has 0 saturated heterocycles. The van der Waals surface area contributed by atoms with Crippen molar-refractivity contribution >= 4 is 11.7 Å². The number of carbonyl (C=O) groups excluding carboxylic acids is 1. The van der Waals surface area contributed by atoms with Crippen molar-refractivity contribution in [3.05, 3.63) is 29.3 Å². The smallest absolute Gasteiger partial charge is 0.319 e. The summed E-state index contributed by atoms with van der Waals surface area (Å²) < 4.78 is 0. The van der Waals surface area contributed by atoms with E-state index >= 15 is 0 Å². The maximum absolute atomic E-state index is 11.6. The first-order valence-corrected chi connectivity index (χ1v) is 6.42. The molecule has 4 nitrogen and oxygen atoms in total. The van der Waals surface area contributed by atoms with Crippen LogP contribution >= 0.6 is 0 Å². The molecular weight excluding hydrogens is 240 g/mol. The highest BCUT2D eigenvalue weighted by atomic mass is 16.2. The second kappa shape index (κ2) is 8.17. The maximum Gasteiger partial charge on any atom is 0.319 e. The Kier molecular flexibility index (Phi) is 6.48. The highest BCUT2D eigenvalue weighted by molar-refractivity contribution is 5.90. The Hall–Kier alpha value is -1.99. The molecule has 3 N–H and O–H groups in total. The summed E-state index contributed by atoms with van der Waals surface area (Å²) in [5.74, 6) is 5.42. The molecular formula is C15H20N2O2. The van der Waals surface area contributed by atoms with Crippen LogP contribution < -0.4 is 10.6 Å². The number of hydrogen-bond acceptors (Lipinski definition) is 2. The van der Waals surface area contributed by atoms with Crippen LogP contribution in [0.5, 0.6) is 0 Å². The fourth-order valence-electron chi connectivity index (χ4n) is 1.57. The summed E-state index contributed by atoms with van der Waals surface area (Å²) in [6, 6.07) is 5.32. The van der Waals surface area contributed by atoms with Crippen LogP contribution in [0.1, 0.15) is 30.9 Å². The third-order valence-electron chi connectivity index (χ3n) is 2.60. The van der Waals surface area contributed by atoms with Crippen molar-refractivity contribution in [2.45, 2.75) is 26.7 Å². The van der Waals surface area contributed by atoms with Crippen LogP contribution in [0, 0.1) is 18.8 Å². The molecule has 2 amide bonds. The van der Waals surface area contributed by atoms with Gasteiger partial charge in [-0.05, 0) is 37.1 Å². The lowest BCUT2D eigenvalue weighted by molar-refractivity contribution is 0.252. The normalized spacial score (nSPS) is 9.42. The van der Waals surface area contributed by atoms with Gasteiger partial charge in [0.2, 0.25) is 0 Å². The number of aliphatic hydroxyl groups is 1. The van der Waals surface area contributed by atoms with E-state index in [-0.39, 0.29) is 12.6 Å². The standard InChI is InChI=1S/C15H20N2O2/c1-3-4-9-16-15(19)17-14-8-7-13(6-5-10-18)11-12(14)2/h7-8,11,18H,3-4,9-10H2,1-2H3,(H2,16,17,19). The van der Waals surface area contributed by atoms with Gasteiger partial charge < -0.3 is 15.7 Å². The van der Waals surface area contributed by atoms with E-state index in [2.05, 4.69) is 29.4 Å². The summed E-state index contributed by atoms with van der Waals surface area (Å²) in [5, 5.41) is 14.2. The van der Waals surface area contributed by atoms with E-state index in [4.69, 9.17) is 5.11 Å². The second-order valence-corrected chi connectivity index (χ2v) is 4.22. The fourth-order valence-corrected chi connectivity index (χ4v) is 1.57. The van der Waals surface area contributed by atoms with Crippen LogP contribution in [0.15, 0.2) is 18.2 Å². The predicted molar refractivity (Wildman–Crippen MR) is 77.1 cm³/mol. The molecule has 102 valence electrons. The molecule has 1 aromatic rings. The van der Waals surface area contributed by atoms with Crippen molar-refractivity contribution in [1.82, 2.24) is 5.32 Å². The molecule has 0 bridgehead atoms. The molecule has 0 atom stereocenters. The lowest BCUT2D eigenvalue weighted by atomic mass is 10.1. The number of nitrogens with one attached hydrogen (secondary N) is 2. The molecule has 0 aliphatic carbocycles. The van der Waals surface area contributed by atoms with E-state index in [9.17, 15) is 4.79 Å². The highest BCUT2D eigenvalue weighted by Crippen LogP contribution is 2.15. The third-order valence-corrected chi connectivity index (χ3v) is 2.60. The van der Waals surface area contributed by atoms with Crippen LogP contribution in [0.4, 0.5) is 10.5 Å². The van der Waals surface area contributed by atoms with Crippen LogP contribution in [0.3, 0.4) is 0 Å². The van der Waals surface area contributed by atoms with E-state index in [1.54, 1.807) is 0 Å². The Morgan fingerprint density at radius 3 is 2.84 bits per heavy atom. The molecule has 0 saturated carbocycles. The van der Waals surface area contributed by atoms with Gasteiger partial charge >= 0.3 is 6.03 Å². The second-order valence-electron chi connectivity index (χ2n) is 4.22. The average Bonchev–Trinajstić information content (AvgIpc) is 2.39. The van der Waals surface area contributed by atoms with Crippen LogP contribution in [0.2, 0.25) is 0 Å². The number of aliphatic hydroxyl groups excluding tert-OH is 1. The van der Waals surface area contributed by atoms with Gasteiger partial charge in [-0.1, -0.05) is 25.2 Å². The molecule has 0 aliphatic heterocycles. The van der Waals surface area contributed by atoms with E-state index in [1.165, 1.54) is 0 Å². The Bertz CT molecular complexity index is 487. The van der Waals surface area contributed by atoms with Crippen LogP contribution in [-0.2, 0) is 0 Å². The first kappa shape index (κ1) is 15.1. The minimum Gasteiger partial charge on any atom is -0.384 e. The van der Waals surface area contributed by atoms with Crippen molar-refractivity contribution in [2.75, 3.05) is 18.5 Å². The van der Waals surface area contributed by atoms with Gasteiger partial charge in [-0.15, -0.1) is 0 Å². The number of unbranched alkanes of at least 4 members (excludes halogenated alkanes) is 1. The lowest BCUT2D eigenvalue weighted by Gasteiger charge is -2.09. The zero-order valence-electron chi connectivity index (χ0n) is 11.4. The number of anilines is 1. The third kappa shape index (κ3) is 5.45. The number of amides is 2. The largest absolute Gasteiger partial charge is 0.384 e. The summed E-state index contributed by atoms with van der Waals surface area (Å²) in [4.78, 5) is 11.6. The van der Waals surface area contributed by atoms with Gasteiger partial charge in [0.05, 0.1) is 0 Å². The van der Waals surface area contributed by atoms with Crippen LogP contribution in [-0.4, -0.2) is 24.3 Å². The number of rotatable bonds is 4. The van der Waals surface area contributed by atoms with Crippen LogP contribution in [0.25, 0.3) is 0 Å². The van der Waals surface area contributed by atoms with E-state index in [0.717, 1.165) is 29.7 Å². The summed E-state index contributed by atoms with van der Waals surface area (Å²) in [6.07, 6.45) is 2.03. The highest BCUT2D eigenvalue weighted by Gasteiger charge is 2.03. The van der Waals surface area contributed by atoms with Crippen molar-refractivity contribution in [2.24, 2.45) is 0 Å². The summed E-state index contributed by atoms with van der Waals surface area (Å²) in [6.45, 7) is 4.52. The Morgan fingerprint density at radius 1 is 1.42 bits per heavy atom. The monoisotopic (exact) mass is 260 g/mol. The first-order valence-electron chi connectivity index (χ1n) is 6.42. The van der Waals surface area contributed by atoms with Gasteiger partial charge in [0.15, 0.2) is 0 Å². The van der Waals surface area contributed by atoms with E-state index in [1.807, 2.05) is 25.1 Å². The molecule has 19 heavy (non-hydrogen) atoms. The molecule has 0 unspecified atom stereocenters. The Labute approximate surface area is 114 Å². The number of aryl methyl sites for hydroxylation is 1. The fraction of sp³-hybridized carbons (Fsp3) is 0.400. The van der Waals surface area contributed by atoms with Crippen molar-refractivity contribution < 1.29 is 9.90 Å². The van der Waals surface area contributed by atoms with E-state index < -0.39 is 0 Å². The summed E-state index contributed by atoms with van der Waals surface area (Å²) in [5.41, 5.74) is 2.53. The van der Waals surface area contributed by atoms with Gasteiger partial charge in [0, 0.05) is 17.8 Å². The predicted octanol–water partition coefficient (Wildman–Crippen LogP) is 2.26. The van der Waals surface area contributed by atoms with Gasteiger partial charge in [-0.2, -0.15) is 0 Å². The average molecular weight is 260 g/mol. The summed E-state index contributed by atoms with van der Waals surface area (Å²) in [7, 11) is 0. The Morgan fingerprint density at radius 2 is 2.21 bits per heavy atom. The molecule has 0 heterocycles. The van der Waals surface area contributed by atoms with Crippen molar-refractivity contribution in [1.29, 1.82) is 0 Å². The van der Waals surface area contributed by atoms with Gasteiger partial charge in [-0.3, -0.25) is 0 Å². The van der Waals surface area contributed by atoms with Gasteiger partial charge in [-0.25, -0.2) is 4.79 Å². The number of carbonyl (C=O) groups is 1. The maximum atomic E-state index is 11.6. The number of hydrogen-bond donors (Lipinski definition) is 3. The molecule has 0 spiro atoms. The molecule has 0 fully saturated rings. The first-order chi connectivity index (χ1) is 9.17. The molecule has 0 aliphatic rings. The quantitative estimate of drug-likeness (QED) is 0.574. The zero-order chi connectivity index (χ0) is 14.1. The minimum absolute atomic E-state index is 0.154. The SMILES string of the molecule is CCCCNC(=O)Nc1ccc(C#CCO)cc1C. The number of urea groups is 1. The molecule has 1 rings (SSSR count). The van der Waals surface area contributed by atoms with E-state index in [0.29, 0.717) is 6.54 Å². The zero-order valence-corrected chi connectivity index (χ0v) is 11.4. The topological polar surface area (TPSA) is 61.4 Å². The summed E-state index contributed by atoms with van der Waals surface area (Å²) >= 11 is 0. The van der Waals surface area contributed by atoms with Crippen molar-refractivity contribution in [3.8, 4) is 11.8 Å². The molecule has 0 aromatic heterocycles. The lowest BCUT2D eigenvalue weighted by Crippen LogP contribution is -2.29. The molecule has 0 radical (unpaired) electrons. The van der Waals surface area contributed by atoms with Gasteiger partial charge in [0.25, 0.3) is 0 Å².